The number of nitrogens with zero attached hydrogens (tertiary/aromatic N) is 3. The molecule has 3 heterocycles. The van der Waals surface area contributed by atoms with Crippen LogP contribution >= 0.6 is 0 Å². The van der Waals surface area contributed by atoms with Crippen molar-refractivity contribution in [3.63, 3.8) is 0 Å². The highest BCUT2D eigenvalue weighted by Gasteiger charge is 2.28. The first-order valence-electron chi connectivity index (χ1n) is 11.7. The fourth-order valence-corrected chi connectivity index (χ4v) is 4.61. The first-order valence-corrected chi connectivity index (χ1v) is 11.7. The molecule has 7 nitrogen and oxygen atoms in total. The largest absolute Gasteiger partial charge is 0.497 e. The van der Waals surface area contributed by atoms with Gasteiger partial charge in [0, 0.05) is 38.6 Å². The number of hydrogen-bond donors (Lipinski definition) is 1. The Balaban J connectivity index is 1.47. The van der Waals surface area contributed by atoms with Gasteiger partial charge in [-0.2, -0.15) is 0 Å². The molecule has 2 fully saturated rings. The lowest BCUT2D eigenvalue weighted by molar-refractivity contribution is 0.0135. The molecule has 0 spiro atoms. The molecule has 0 amide bonds. The second-order valence-electron chi connectivity index (χ2n) is 8.51. The number of aliphatic imine (C=N–C) groups is 1. The van der Waals surface area contributed by atoms with Crippen LogP contribution in [0.3, 0.4) is 0 Å². The summed E-state index contributed by atoms with van der Waals surface area (Å²) in [6, 6.07) is 12.7. The Labute approximate surface area is 191 Å². The van der Waals surface area contributed by atoms with Crippen LogP contribution in [0.4, 0.5) is 0 Å². The van der Waals surface area contributed by atoms with Gasteiger partial charge in [0.15, 0.2) is 5.96 Å². The molecule has 1 N–H and O–H groups in total. The highest BCUT2D eigenvalue weighted by Crippen LogP contribution is 2.29. The molecule has 7 heteroatoms. The number of benzene rings is 1. The summed E-state index contributed by atoms with van der Waals surface area (Å²) in [5.74, 6) is 4.33. The van der Waals surface area contributed by atoms with Crippen molar-refractivity contribution in [2.45, 2.75) is 32.2 Å². The Bertz CT molecular complexity index is 874. The van der Waals surface area contributed by atoms with Gasteiger partial charge in [-0.1, -0.05) is 12.1 Å². The molecule has 1 aromatic heterocycles. The number of rotatable bonds is 7. The average Bonchev–Trinajstić information content (AvgIpc) is 3.49. The number of aryl methyl sites for hydroxylation is 1. The smallest absolute Gasteiger partial charge is 0.194 e. The lowest BCUT2D eigenvalue weighted by atomic mass is 9.98. The summed E-state index contributed by atoms with van der Waals surface area (Å²) in [7, 11) is 1.71. The highest BCUT2D eigenvalue weighted by atomic mass is 16.5. The summed E-state index contributed by atoms with van der Waals surface area (Å²) in [6.45, 7) is 10.9. The van der Waals surface area contributed by atoms with E-state index in [2.05, 4.69) is 52.4 Å². The molecule has 2 atom stereocenters. The third-order valence-electron chi connectivity index (χ3n) is 6.40. The van der Waals surface area contributed by atoms with E-state index in [0.717, 1.165) is 75.6 Å². The molecule has 1 aromatic carbocycles. The number of morpholine rings is 1. The second-order valence-corrected chi connectivity index (χ2v) is 8.51. The number of nitrogens with one attached hydrogen (secondary N) is 1. The van der Waals surface area contributed by atoms with Crippen LogP contribution in [0.25, 0.3) is 0 Å². The monoisotopic (exact) mass is 440 g/mol. The van der Waals surface area contributed by atoms with Gasteiger partial charge in [-0.15, -0.1) is 0 Å². The molecule has 2 aliphatic heterocycles. The van der Waals surface area contributed by atoms with Gasteiger partial charge in [0.2, 0.25) is 0 Å². The molecule has 0 saturated carbocycles. The first kappa shape index (κ1) is 22.7. The van der Waals surface area contributed by atoms with Crippen LogP contribution in [0.1, 0.15) is 42.4 Å². The third-order valence-corrected chi connectivity index (χ3v) is 6.40. The quantitative estimate of drug-likeness (QED) is 0.526. The maximum Gasteiger partial charge on any atom is 0.194 e. The van der Waals surface area contributed by atoms with Crippen LogP contribution < -0.4 is 10.1 Å². The standard InChI is InChI=1S/C25H36N4O3/c1-4-26-25(29-12-11-21(18-29)20-6-8-22(30-3)9-7-20)27-17-23(24-10-5-19(2)32-24)28-13-15-31-16-14-28/h5-10,21,23H,4,11-18H2,1-3H3,(H,26,27). The van der Waals surface area contributed by atoms with Crippen LogP contribution in [0.5, 0.6) is 5.75 Å². The number of likely N-dealkylation sites (tertiary alicyclic amines) is 1. The molecule has 2 aromatic rings. The summed E-state index contributed by atoms with van der Waals surface area (Å²) in [5, 5.41) is 3.51. The van der Waals surface area contributed by atoms with E-state index in [-0.39, 0.29) is 6.04 Å². The fraction of sp³-hybridized carbons (Fsp3) is 0.560. The SMILES string of the molecule is CCNC(=NCC(c1ccc(C)o1)N1CCOCC1)N1CCC(c2ccc(OC)cc2)C1. The minimum atomic E-state index is 0.126. The molecule has 32 heavy (non-hydrogen) atoms. The van der Waals surface area contributed by atoms with Gasteiger partial charge in [0.05, 0.1) is 32.9 Å². The summed E-state index contributed by atoms with van der Waals surface area (Å²) in [4.78, 5) is 9.90. The Hall–Kier alpha value is -2.51. The van der Waals surface area contributed by atoms with Gasteiger partial charge in [-0.25, -0.2) is 0 Å². The molecule has 0 aliphatic carbocycles. The molecular formula is C25H36N4O3. The van der Waals surface area contributed by atoms with Crippen molar-refractivity contribution in [3.8, 4) is 5.75 Å². The minimum absolute atomic E-state index is 0.126. The van der Waals surface area contributed by atoms with Crippen molar-refractivity contribution >= 4 is 5.96 Å². The molecule has 0 radical (unpaired) electrons. The number of methoxy groups -OCH3 is 1. The lowest BCUT2D eigenvalue weighted by Crippen LogP contribution is -2.42. The number of furan rings is 1. The minimum Gasteiger partial charge on any atom is -0.497 e. The Morgan fingerprint density at radius 1 is 1.16 bits per heavy atom. The van der Waals surface area contributed by atoms with Crippen molar-refractivity contribution in [3.05, 3.63) is 53.5 Å². The highest BCUT2D eigenvalue weighted by molar-refractivity contribution is 5.80. The van der Waals surface area contributed by atoms with Gasteiger partial charge in [0.25, 0.3) is 0 Å². The average molecular weight is 441 g/mol. The van der Waals surface area contributed by atoms with E-state index < -0.39 is 0 Å². The van der Waals surface area contributed by atoms with Crippen LogP contribution in [0, 0.1) is 6.92 Å². The third kappa shape index (κ3) is 5.45. The maximum atomic E-state index is 6.01. The summed E-state index contributed by atoms with van der Waals surface area (Å²) < 4.78 is 16.9. The second kappa shape index (κ2) is 10.9. The molecule has 2 saturated heterocycles. The van der Waals surface area contributed by atoms with Gasteiger partial charge in [-0.3, -0.25) is 9.89 Å². The van der Waals surface area contributed by atoms with Crippen LogP contribution in [0.2, 0.25) is 0 Å². The molecule has 2 unspecified atom stereocenters. The number of guanidine groups is 1. The lowest BCUT2D eigenvalue weighted by Gasteiger charge is -2.33. The summed E-state index contributed by atoms with van der Waals surface area (Å²) in [6.07, 6.45) is 1.13. The molecular weight excluding hydrogens is 404 g/mol. The van der Waals surface area contributed by atoms with Crippen molar-refractivity contribution < 1.29 is 13.9 Å². The van der Waals surface area contributed by atoms with Gasteiger partial charge in [0.1, 0.15) is 17.3 Å². The first-order chi connectivity index (χ1) is 15.7. The summed E-state index contributed by atoms with van der Waals surface area (Å²) in [5.41, 5.74) is 1.36. The van der Waals surface area contributed by atoms with Gasteiger partial charge < -0.3 is 24.1 Å². The Kier molecular flexibility index (Phi) is 7.71. The van der Waals surface area contributed by atoms with Gasteiger partial charge >= 0.3 is 0 Å². The van der Waals surface area contributed by atoms with Crippen molar-refractivity contribution in [2.24, 2.45) is 4.99 Å². The van der Waals surface area contributed by atoms with Gasteiger partial charge in [-0.05, 0) is 50.1 Å². The zero-order valence-corrected chi connectivity index (χ0v) is 19.5. The van der Waals surface area contributed by atoms with E-state index in [1.807, 2.05) is 13.0 Å². The molecule has 0 bridgehead atoms. The fourth-order valence-electron chi connectivity index (χ4n) is 4.61. The van der Waals surface area contributed by atoms with Crippen LogP contribution in [-0.4, -0.2) is 75.4 Å². The maximum absolute atomic E-state index is 6.01. The van der Waals surface area contributed by atoms with Crippen LogP contribution in [-0.2, 0) is 4.74 Å². The van der Waals surface area contributed by atoms with Crippen molar-refractivity contribution in [1.29, 1.82) is 0 Å². The van der Waals surface area contributed by atoms with E-state index in [9.17, 15) is 0 Å². The predicted molar refractivity (Wildman–Crippen MR) is 126 cm³/mol. The summed E-state index contributed by atoms with van der Waals surface area (Å²) >= 11 is 0. The number of ether oxygens (including phenoxy) is 2. The molecule has 174 valence electrons. The molecule has 4 rings (SSSR count). The Morgan fingerprint density at radius 3 is 2.59 bits per heavy atom. The Morgan fingerprint density at radius 2 is 1.94 bits per heavy atom. The normalized spacial score (nSPS) is 21.0. The zero-order chi connectivity index (χ0) is 22.3. The van der Waals surface area contributed by atoms with Crippen LogP contribution in [0.15, 0.2) is 45.8 Å². The van der Waals surface area contributed by atoms with E-state index >= 15 is 0 Å². The predicted octanol–water partition coefficient (Wildman–Crippen LogP) is 3.42. The van der Waals surface area contributed by atoms with Crippen molar-refractivity contribution in [2.75, 3.05) is 59.6 Å². The zero-order valence-electron chi connectivity index (χ0n) is 19.5. The van der Waals surface area contributed by atoms with E-state index in [4.69, 9.17) is 18.9 Å². The van der Waals surface area contributed by atoms with E-state index in [0.29, 0.717) is 12.5 Å². The van der Waals surface area contributed by atoms with E-state index in [1.54, 1.807) is 7.11 Å². The number of hydrogen-bond acceptors (Lipinski definition) is 5. The van der Waals surface area contributed by atoms with E-state index in [1.165, 1.54) is 5.56 Å². The molecule has 2 aliphatic rings. The van der Waals surface area contributed by atoms with Crippen molar-refractivity contribution in [1.82, 2.24) is 15.1 Å². The topological polar surface area (TPSA) is 62.5 Å².